The van der Waals surface area contributed by atoms with Crippen LogP contribution in [-0.4, -0.2) is 26.9 Å². The van der Waals surface area contributed by atoms with E-state index in [0.717, 1.165) is 11.1 Å². The fourth-order valence-electron chi connectivity index (χ4n) is 2.07. The topological polar surface area (TPSA) is 72.8 Å². The fourth-order valence-corrected chi connectivity index (χ4v) is 2.07. The number of nitrogens with zero attached hydrogens (tertiary/aromatic N) is 3. The Labute approximate surface area is 121 Å². The second kappa shape index (κ2) is 5.24. The highest BCUT2D eigenvalue weighted by Crippen LogP contribution is 2.22. The summed E-state index contributed by atoms with van der Waals surface area (Å²) in [5.41, 5.74) is 1.97. The maximum Gasteiger partial charge on any atom is 0.251 e. The number of aromatic nitrogens is 4. The molecule has 0 aliphatic carbocycles. The molecule has 2 heterocycles. The van der Waals surface area contributed by atoms with E-state index in [9.17, 15) is 4.79 Å². The van der Waals surface area contributed by atoms with E-state index in [2.05, 4.69) is 15.1 Å². The zero-order valence-electron chi connectivity index (χ0n) is 11.7. The maximum atomic E-state index is 11.9. The van der Waals surface area contributed by atoms with Crippen molar-refractivity contribution in [1.29, 1.82) is 0 Å². The van der Waals surface area contributed by atoms with E-state index in [-0.39, 0.29) is 5.56 Å². The third kappa shape index (κ3) is 2.69. The minimum Gasteiger partial charge on any atom is -0.497 e. The summed E-state index contributed by atoms with van der Waals surface area (Å²) >= 11 is 0. The molecule has 21 heavy (non-hydrogen) atoms. The molecular formula is C15H14N4O2. The maximum absolute atomic E-state index is 11.9. The lowest BCUT2D eigenvalue weighted by Gasteiger charge is -2.05. The predicted molar refractivity (Wildman–Crippen MR) is 79.0 cm³/mol. The standard InChI is InChI=1S/C15H14N4O2/c1-19-9-11(8-16-19)13-7-14(20)18-15(17-13)10-4-3-5-12(6-10)21-2/h3-9H,1-2H3,(H,17,18,20). The van der Waals surface area contributed by atoms with Crippen molar-refractivity contribution in [1.82, 2.24) is 19.7 Å². The number of H-pyrrole nitrogens is 1. The van der Waals surface area contributed by atoms with Crippen LogP contribution in [0.3, 0.4) is 0 Å². The lowest BCUT2D eigenvalue weighted by molar-refractivity contribution is 0.415. The molecular weight excluding hydrogens is 268 g/mol. The Balaban J connectivity index is 2.11. The zero-order chi connectivity index (χ0) is 14.8. The van der Waals surface area contributed by atoms with E-state index < -0.39 is 0 Å². The number of benzene rings is 1. The number of aromatic amines is 1. The molecule has 0 aliphatic rings. The van der Waals surface area contributed by atoms with Crippen molar-refractivity contribution in [3.8, 4) is 28.4 Å². The number of ether oxygens (including phenoxy) is 1. The average Bonchev–Trinajstić information content (AvgIpc) is 2.93. The van der Waals surface area contributed by atoms with E-state index in [4.69, 9.17) is 4.74 Å². The van der Waals surface area contributed by atoms with Gasteiger partial charge in [-0.05, 0) is 12.1 Å². The van der Waals surface area contributed by atoms with Gasteiger partial charge in [0.05, 0.1) is 19.0 Å². The molecule has 0 radical (unpaired) electrons. The summed E-state index contributed by atoms with van der Waals surface area (Å²) in [5, 5.41) is 4.10. The van der Waals surface area contributed by atoms with Crippen LogP contribution in [0.5, 0.6) is 5.75 Å². The molecule has 0 amide bonds. The SMILES string of the molecule is COc1cccc(-c2nc(-c3cnn(C)c3)cc(=O)[nH]2)c1. The molecule has 0 spiro atoms. The van der Waals surface area contributed by atoms with Crippen molar-refractivity contribution in [3.63, 3.8) is 0 Å². The molecule has 1 aromatic carbocycles. The van der Waals surface area contributed by atoms with Crippen molar-refractivity contribution in [2.45, 2.75) is 0 Å². The van der Waals surface area contributed by atoms with Gasteiger partial charge < -0.3 is 9.72 Å². The lowest BCUT2D eigenvalue weighted by atomic mass is 10.2. The molecule has 0 fully saturated rings. The molecule has 2 aromatic heterocycles. The van der Waals surface area contributed by atoms with Crippen molar-refractivity contribution < 1.29 is 4.74 Å². The third-order valence-corrected chi connectivity index (χ3v) is 3.09. The second-order valence-electron chi connectivity index (χ2n) is 4.61. The Hall–Kier alpha value is -2.89. The van der Waals surface area contributed by atoms with Gasteiger partial charge in [0.25, 0.3) is 5.56 Å². The average molecular weight is 282 g/mol. The van der Waals surface area contributed by atoms with Gasteiger partial charge in [0, 0.05) is 30.4 Å². The first-order valence-corrected chi connectivity index (χ1v) is 6.40. The number of aryl methyl sites for hydroxylation is 1. The van der Waals surface area contributed by atoms with E-state index in [1.54, 1.807) is 18.0 Å². The Kier molecular flexibility index (Phi) is 3.27. The summed E-state index contributed by atoms with van der Waals surface area (Å²) in [4.78, 5) is 19.1. The summed E-state index contributed by atoms with van der Waals surface area (Å²) in [6.07, 6.45) is 3.49. The van der Waals surface area contributed by atoms with Crippen LogP contribution in [0.2, 0.25) is 0 Å². The molecule has 106 valence electrons. The smallest absolute Gasteiger partial charge is 0.251 e. The number of hydrogen-bond donors (Lipinski definition) is 1. The van der Waals surface area contributed by atoms with Crippen molar-refractivity contribution >= 4 is 0 Å². The summed E-state index contributed by atoms with van der Waals surface area (Å²) < 4.78 is 6.86. The first-order chi connectivity index (χ1) is 10.2. The summed E-state index contributed by atoms with van der Waals surface area (Å²) in [6, 6.07) is 8.84. The monoisotopic (exact) mass is 282 g/mol. The third-order valence-electron chi connectivity index (χ3n) is 3.09. The highest BCUT2D eigenvalue weighted by Gasteiger charge is 2.08. The van der Waals surface area contributed by atoms with E-state index in [1.807, 2.05) is 37.5 Å². The highest BCUT2D eigenvalue weighted by molar-refractivity contribution is 5.63. The molecule has 0 unspecified atom stereocenters. The van der Waals surface area contributed by atoms with Crippen LogP contribution in [0, 0.1) is 0 Å². The first-order valence-electron chi connectivity index (χ1n) is 6.40. The normalized spacial score (nSPS) is 10.6. The van der Waals surface area contributed by atoms with Crippen LogP contribution in [0.4, 0.5) is 0 Å². The Morgan fingerprint density at radius 2 is 2.10 bits per heavy atom. The minimum atomic E-state index is -0.207. The number of methoxy groups -OCH3 is 1. The van der Waals surface area contributed by atoms with Gasteiger partial charge in [-0.1, -0.05) is 12.1 Å². The van der Waals surface area contributed by atoms with E-state index in [0.29, 0.717) is 17.3 Å². The largest absolute Gasteiger partial charge is 0.497 e. The summed E-state index contributed by atoms with van der Waals surface area (Å²) in [7, 11) is 3.42. The van der Waals surface area contributed by atoms with Crippen LogP contribution in [0.15, 0.2) is 47.5 Å². The molecule has 6 heteroatoms. The van der Waals surface area contributed by atoms with Gasteiger partial charge in [0.15, 0.2) is 0 Å². The summed E-state index contributed by atoms with van der Waals surface area (Å²) in [6.45, 7) is 0. The van der Waals surface area contributed by atoms with Crippen LogP contribution < -0.4 is 10.3 Å². The highest BCUT2D eigenvalue weighted by atomic mass is 16.5. The Bertz CT molecular complexity index is 835. The van der Waals surface area contributed by atoms with Crippen molar-refractivity contribution in [3.05, 3.63) is 53.1 Å². The van der Waals surface area contributed by atoms with Gasteiger partial charge in [-0.3, -0.25) is 9.48 Å². The van der Waals surface area contributed by atoms with Crippen LogP contribution >= 0.6 is 0 Å². The van der Waals surface area contributed by atoms with Crippen molar-refractivity contribution in [2.75, 3.05) is 7.11 Å². The Morgan fingerprint density at radius 3 is 2.81 bits per heavy atom. The van der Waals surface area contributed by atoms with Gasteiger partial charge in [-0.25, -0.2) is 4.98 Å². The first kappa shape index (κ1) is 13.1. The van der Waals surface area contributed by atoms with Crippen LogP contribution in [0.25, 0.3) is 22.6 Å². The molecule has 0 saturated carbocycles. The molecule has 0 atom stereocenters. The zero-order valence-corrected chi connectivity index (χ0v) is 11.7. The molecule has 1 N–H and O–H groups in total. The fraction of sp³-hybridized carbons (Fsp3) is 0.133. The minimum absolute atomic E-state index is 0.207. The predicted octanol–water partition coefficient (Wildman–Crippen LogP) is 1.85. The Morgan fingerprint density at radius 1 is 1.24 bits per heavy atom. The van der Waals surface area contributed by atoms with Gasteiger partial charge in [0.1, 0.15) is 11.6 Å². The molecule has 6 nitrogen and oxygen atoms in total. The molecule has 0 aliphatic heterocycles. The molecule has 0 bridgehead atoms. The number of rotatable bonds is 3. The number of hydrogen-bond acceptors (Lipinski definition) is 4. The van der Waals surface area contributed by atoms with Crippen molar-refractivity contribution in [2.24, 2.45) is 7.05 Å². The summed E-state index contributed by atoms with van der Waals surface area (Å²) in [5.74, 6) is 1.21. The number of nitrogens with one attached hydrogen (secondary N) is 1. The van der Waals surface area contributed by atoms with E-state index in [1.165, 1.54) is 6.07 Å². The quantitative estimate of drug-likeness (QED) is 0.795. The second-order valence-corrected chi connectivity index (χ2v) is 4.61. The van der Waals surface area contributed by atoms with Gasteiger partial charge in [-0.2, -0.15) is 5.10 Å². The van der Waals surface area contributed by atoms with Gasteiger partial charge in [-0.15, -0.1) is 0 Å². The van der Waals surface area contributed by atoms with Crippen LogP contribution in [-0.2, 0) is 7.05 Å². The molecule has 0 saturated heterocycles. The lowest BCUT2D eigenvalue weighted by Crippen LogP contribution is -2.08. The molecule has 3 aromatic rings. The van der Waals surface area contributed by atoms with Gasteiger partial charge in [0.2, 0.25) is 0 Å². The van der Waals surface area contributed by atoms with E-state index >= 15 is 0 Å². The van der Waals surface area contributed by atoms with Crippen LogP contribution in [0.1, 0.15) is 0 Å². The van der Waals surface area contributed by atoms with Gasteiger partial charge >= 0.3 is 0 Å². The molecule has 3 rings (SSSR count).